The van der Waals surface area contributed by atoms with Gasteiger partial charge in [0.2, 0.25) is 0 Å². The number of amides is 1. The van der Waals surface area contributed by atoms with Crippen LogP contribution in [0.5, 0.6) is 11.5 Å². The van der Waals surface area contributed by atoms with E-state index >= 15 is 0 Å². The summed E-state index contributed by atoms with van der Waals surface area (Å²) in [4.78, 5) is 33.1. The molecule has 5 rings (SSSR count). The number of anilines is 1. The number of aliphatic hydroxyl groups is 1. The Balaban J connectivity index is 1.77. The topological polar surface area (TPSA) is 89.0 Å². The molecule has 1 amide bonds. The van der Waals surface area contributed by atoms with E-state index in [1.807, 2.05) is 26.0 Å². The van der Waals surface area contributed by atoms with Crippen molar-refractivity contribution >= 4 is 44.1 Å². The SMILES string of the molecule is COc1cccc(/C(O)=C2\C(=O)C(=O)N(c3nc4c(C)cc(C)cc4s3)[C@H]2c2ccccc2OC)c1. The number of aryl methyl sites for hydroxylation is 2. The van der Waals surface area contributed by atoms with Crippen LogP contribution in [0.4, 0.5) is 5.13 Å². The molecule has 7 nitrogen and oxygen atoms in total. The van der Waals surface area contributed by atoms with Crippen LogP contribution in [0.15, 0.2) is 66.2 Å². The van der Waals surface area contributed by atoms with Gasteiger partial charge in [0, 0.05) is 11.1 Å². The van der Waals surface area contributed by atoms with Crippen LogP contribution < -0.4 is 14.4 Å². The number of nitrogens with zero attached hydrogens (tertiary/aromatic N) is 2. The van der Waals surface area contributed by atoms with Crippen molar-refractivity contribution in [2.24, 2.45) is 0 Å². The van der Waals surface area contributed by atoms with Crippen molar-refractivity contribution in [1.82, 2.24) is 4.98 Å². The lowest BCUT2D eigenvalue weighted by molar-refractivity contribution is -0.132. The Morgan fingerprint density at radius 3 is 2.53 bits per heavy atom. The van der Waals surface area contributed by atoms with Crippen molar-refractivity contribution < 1.29 is 24.2 Å². The molecule has 1 fully saturated rings. The van der Waals surface area contributed by atoms with Crippen molar-refractivity contribution in [3.05, 3.63) is 88.5 Å². The number of ketones is 1. The Morgan fingerprint density at radius 1 is 1.00 bits per heavy atom. The molecule has 0 bridgehead atoms. The van der Waals surface area contributed by atoms with Gasteiger partial charge in [-0.15, -0.1) is 0 Å². The maximum absolute atomic E-state index is 13.5. The summed E-state index contributed by atoms with van der Waals surface area (Å²) >= 11 is 1.33. The van der Waals surface area contributed by atoms with Crippen LogP contribution in [0.3, 0.4) is 0 Å². The van der Waals surface area contributed by atoms with E-state index in [4.69, 9.17) is 14.5 Å². The molecule has 1 saturated heterocycles. The van der Waals surface area contributed by atoms with E-state index in [2.05, 4.69) is 0 Å². The van der Waals surface area contributed by atoms with Crippen molar-refractivity contribution in [2.45, 2.75) is 19.9 Å². The van der Waals surface area contributed by atoms with Gasteiger partial charge in [-0.1, -0.05) is 47.7 Å². The lowest BCUT2D eigenvalue weighted by Crippen LogP contribution is -2.29. The third-order valence-corrected chi connectivity index (χ3v) is 7.25. The number of hydrogen-bond acceptors (Lipinski definition) is 7. The standard InChI is InChI=1S/C28H24N2O5S/c1-15-12-16(2)23-21(13-15)36-28(29-23)30-24(19-10-5-6-11-20(19)35-4)22(26(32)27(30)33)25(31)17-8-7-9-18(14-17)34-3/h5-14,24,31H,1-4H3/b25-22+/t24-/m0/s1. The van der Waals surface area contributed by atoms with Crippen LogP contribution in [-0.4, -0.2) is 36.0 Å². The zero-order valence-corrected chi connectivity index (χ0v) is 21.1. The first-order chi connectivity index (χ1) is 17.3. The second kappa shape index (κ2) is 9.13. The van der Waals surface area contributed by atoms with Crippen molar-refractivity contribution in [1.29, 1.82) is 0 Å². The van der Waals surface area contributed by atoms with Crippen LogP contribution in [0.1, 0.15) is 28.3 Å². The van der Waals surface area contributed by atoms with E-state index in [0.717, 1.165) is 21.3 Å². The summed E-state index contributed by atoms with van der Waals surface area (Å²) in [5, 5.41) is 11.8. The van der Waals surface area contributed by atoms with E-state index in [1.165, 1.54) is 30.5 Å². The minimum atomic E-state index is -0.936. The molecular formula is C28H24N2O5S. The van der Waals surface area contributed by atoms with Crippen LogP contribution >= 0.6 is 11.3 Å². The minimum absolute atomic E-state index is 0.0371. The largest absolute Gasteiger partial charge is 0.507 e. The van der Waals surface area contributed by atoms with E-state index in [9.17, 15) is 14.7 Å². The molecular weight excluding hydrogens is 476 g/mol. The Hall–Kier alpha value is -4.17. The van der Waals surface area contributed by atoms with Crippen LogP contribution in [0.2, 0.25) is 0 Å². The minimum Gasteiger partial charge on any atom is -0.507 e. The maximum Gasteiger partial charge on any atom is 0.301 e. The number of carbonyl (C=O) groups is 2. The second-order valence-corrected chi connectivity index (χ2v) is 9.58. The first-order valence-corrected chi connectivity index (χ1v) is 12.1. The predicted octanol–water partition coefficient (Wildman–Crippen LogP) is 5.56. The van der Waals surface area contributed by atoms with E-state index < -0.39 is 17.7 Å². The summed E-state index contributed by atoms with van der Waals surface area (Å²) < 4.78 is 11.8. The number of fused-ring (bicyclic) bond motifs is 1. The van der Waals surface area contributed by atoms with Crippen LogP contribution in [0.25, 0.3) is 16.0 Å². The summed E-state index contributed by atoms with van der Waals surface area (Å²) in [6.07, 6.45) is 0. The molecule has 1 aliphatic rings. The zero-order valence-electron chi connectivity index (χ0n) is 20.2. The van der Waals surface area contributed by atoms with Gasteiger partial charge in [-0.2, -0.15) is 0 Å². The normalized spacial score (nSPS) is 17.1. The average Bonchev–Trinajstić information content (AvgIpc) is 3.42. The monoisotopic (exact) mass is 500 g/mol. The lowest BCUT2D eigenvalue weighted by atomic mass is 9.94. The van der Waals surface area contributed by atoms with Crippen molar-refractivity contribution in [3.8, 4) is 11.5 Å². The molecule has 182 valence electrons. The Kier molecular flexibility index (Phi) is 5.97. The lowest BCUT2D eigenvalue weighted by Gasteiger charge is -2.24. The molecule has 1 aliphatic heterocycles. The molecule has 1 aromatic heterocycles. The number of aliphatic hydroxyl groups excluding tert-OH is 1. The molecule has 0 aliphatic carbocycles. The second-order valence-electron chi connectivity index (χ2n) is 8.57. The van der Waals surface area contributed by atoms with Gasteiger partial charge in [0.1, 0.15) is 23.3 Å². The number of benzene rings is 3. The number of Topliss-reactive ketones (excluding diaryl/α,β-unsaturated/α-hetero) is 1. The quantitative estimate of drug-likeness (QED) is 0.219. The van der Waals surface area contributed by atoms with Crippen LogP contribution in [0, 0.1) is 13.8 Å². The first-order valence-electron chi connectivity index (χ1n) is 11.3. The van der Waals surface area contributed by atoms with Gasteiger partial charge in [-0.3, -0.25) is 14.5 Å². The van der Waals surface area contributed by atoms with Gasteiger partial charge < -0.3 is 14.6 Å². The molecule has 2 heterocycles. The highest BCUT2D eigenvalue weighted by Crippen LogP contribution is 2.46. The molecule has 4 aromatic rings. The number of rotatable bonds is 5. The number of para-hydroxylation sites is 1. The van der Waals surface area contributed by atoms with E-state index in [0.29, 0.717) is 27.8 Å². The predicted molar refractivity (Wildman–Crippen MR) is 140 cm³/mol. The van der Waals surface area contributed by atoms with Gasteiger partial charge in [0.25, 0.3) is 5.78 Å². The molecule has 1 atom stereocenters. The Labute approximate surface area is 212 Å². The summed E-state index contributed by atoms with van der Waals surface area (Å²) in [6, 6.07) is 17.0. The van der Waals surface area contributed by atoms with Gasteiger partial charge in [-0.25, -0.2) is 4.98 Å². The first kappa shape index (κ1) is 23.6. The third-order valence-electron chi connectivity index (χ3n) is 6.25. The van der Waals surface area contributed by atoms with Crippen molar-refractivity contribution in [3.63, 3.8) is 0 Å². The fourth-order valence-corrected chi connectivity index (χ4v) is 5.77. The highest BCUT2D eigenvalue weighted by atomic mass is 32.1. The van der Waals surface area contributed by atoms with Crippen molar-refractivity contribution in [2.75, 3.05) is 19.1 Å². The number of carbonyl (C=O) groups excluding carboxylic acids is 2. The maximum atomic E-state index is 13.5. The van der Waals surface area contributed by atoms with Gasteiger partial charge in [0.15, 0.2) is 5.13 Å². The third kappa shape index (κ3) is 3.79. The summed E-state index contributed by atoms with van der Waals surface area (Å²) in [6.45, 7) is 3.97. The molecule has 0 unspecified atom stereocenters. The molecule has 0 spiro atoms. The van der Waals surface area contributed by atoms with E-state index in [1.54, 1.807) is 48.5 Å². The fourth-order valence-electron chi connectivity index (χ4n) is 4.60. The molecule has 0 saturated carbocycles. The number of ether oxygens (including phenoxy) is 2. The van der Waals surface area contributed by atoms with Crippen LogP contribution in [-0.2, 0) is 9.59 Å². The van der Waals surface area contributed by atoms with E-state index in [-0.39, 0.29) is 11.3 Å². The molecule has 0 radical (unpaired) electrons. The number of methoxy groups -OCH3 is 2. The van der Waals surface area contributed by atoms with Gasteiger partial charge >= 0.3 is 5.91 Å². The summed E-state index contributed by atoms with van der Waals surface area (Å²) in [5.74, 6) is -0.848. The number of aromatic nitrogens is 1. The molecule has 3 aromatic carbocycles. The highest BCUT2D eigenvalue weighted by molar-refractivity contribution is 7.22. The number of hydrogen-bond donors (Lipinski definition) is 1. The average molecular weight is 501 g/mol. The molecule has 1 N–H and O–H groups in total. The Bertz CT molecular complexity index is 1550. The Morgan fingerprint density at radius 2 is 1.78 bits per heavy atom. The van der Waals surface area contributed by atoms with Gasteiger partial charge in [-0.05, 0) is 49.2 Å². The molecule has 8 heteroatoms. The zero-order chi connectivity index (χ0) is 25.6. The molecule has 36 heavy (non-hydrogen) atoms. The van der Waals surface area contributed by atoms with Gasteiger partial charge in [0.05, 0.1) is 30.0 Å². The number of thiazole rings is 1. The summed E-state index contributed by atoms with van der Waals surface area (Å²) in [7, 11) is 3.04. The fraction of sp³-hybridized carbons (Fsp3) is 0.179. The smallest absolute Gasteiger partial charge is 0.301 e. The summed E-state index contributed by atoms with van der Waals surface area (Å²) in [5.41, 5.74) is 3.73. The highest BCUT2D eigenvalue weighted by Gasteiger charge is 2.49.